The van der Waals surface area contributed by atoms with E-state index < -0.39 is 6.04 Å². The van der Waals surface area contributed by atoms with Crippen molar-refractivity contribution in [2.24, 2.45) is 0 Å². The monoisotopic (exact) mass is 294 g/mol. The Morgan fingerprint density at radius 1 is 1.57 bits per heavy atom. The van der Waals surface area contributed by atoms with Crippen LogP contribution in [0.1, 0.15) is 31.9 Å². The SMILES string of the molecule is CCOCCCNC(=O)[C@@H]1CCC(=O)N1Cc1ccco1. The van der Waals surface area contributed by atoms with E-state index in [2.05, 4.69) is 5.32 Å². The molecule has 2 amide bonds. The Balaban J connectivity index is 1.82. The topological polar surface area (TPSA) is 71.8 Å². The van der Waals surface area contributed by atoms with E-state index in [-0.39, 0.29) is 11.8 Å². The van der Waals surface area contributed by atoms with Gasteiger partial charge in [-0.2, -0.15) is 0 Å². The van der Waals surface area contributed by atoms with Crippen molar-refractivity contribution in [1.29, 1.82) is 0 Å². The van der Waals surface area contributed by atoms with Crippen LogP contribution in [0.15, 0.2) is 22.8 Å². The van der Waals surface area contributed by atoms with Crippen molar-refractivity contribution >= 4 is 11.8 Å². The van der Waals surface area contributed by atoms with Gasteiger partial charge in [0, 0.05) is 26.2 Å². The van der Waals surface area contributed by atoms with Crippen LogP contribution in [0.3, 0.4) is 0 Å². The minimum atomic E-state index is -0.394. The van der Waals surface area contributed by atoms with Crippen LogP contribution in [0.5, 0.6) is 0 Å². The number of amides is 2. The van der Waals surface area contributed by atoms with E-state index in [1.54, 1.807) is 17.2 Å². The van der Waals surface area contributed by atoms with Crippen LogP contribution >= 0.6 is 0 Å². The van der Waals surface area contributed by atoms with E-state index in [1.807, 2.05) is 13.0 Å². The predicted molar refractivity (Wildman–Crippen MR) is 76.4 cm³/mol. The number of hydrogen-bond donors (Lipinski definition) is 1. The molecule has 21 heavy (non-hydrogen) atoms. The zero-order valence-electron chi connectivity index (χ0n) is 12.3. The highest BCUT2D eigenvalue weighted by molar-refractivity contribution is 5.90. The van der Waals surface area contributed by atoms with Gasteiger partial charge in [-0.05, 0) is 31.9 Å². The van der Waals surface area contributed by atoms with E-state index >= 15 is 0 Å². The first kappa shape index (κ1) is 15.6. The van der Waals surface area contributed by atoms with Crippen LogP contribution in [0.4, 0.5) is 0 Å². The van der Waals surface area contributed by atoms with Crippen molar-refractivity contribution in [3.63, 3.8) is 0 Å². The largest absolute Gasteiger partial charge is 0.467 e. The zero-order valence-corrected chi connectivity index (χ0v) is 12.3. The third kappa shape index (κ3) is 4.32. The van der Waals surface area contributed by atoms with Gasteiger partial charge in [0.05, 0.1) is 12.8 Å². The van der Waals surface area contributed by atoms with Gasteiger partial charge in [0.2, 0.25) is 11.8 Å². The molecule has 0 aliphatic carbocycles. The maximum atomic E-state index is 12.2. The van der Waals surface area contributed by atoms with Crippen molar-refractivity contribution in [3.05, 3.63) is 24.2 Å². The summed E-state index contributed by atoms with van der Waals surface area (Å²) in [4.78, 5) is 25.7. The van der Waals surface area contributed by atoms with Crippen LogP contribution in [-0.2, 0) is 20.9 Å². The Labute approximate surface area is 124 Å². The Hall–Kier alpha value is -1.82. The van der Waals surface area contributed by atoms with E-state index in [0.29, 0.717) is 44.9 Å². The van der Waals surface area contributed by atoms with Crippen LogP contribution in [0.25, 0.3) is 0 Å². The number of likely N-dealkylation sites (tertiary alicyclic amines) is 1. The fourth-order valence-corrected chi connectivity index (χ4v) is 2.42. The number of hydrogen-bond acceptors (Lipinski definition) is 4. The molecular weight excluding hydrogens is 272 g/mol. The van der Waals surface area contributed by atoms with Gasteiger partial charge in [0.1, 0.15) is 11.8 Å². The van der Waals surface area contributed by atoms with E-state index in [9.17, 15) is 9.59 Å². The van der Waals surface area contributed by atoms with Crippen LogP contribution in [0.2, 0.25) is 0 Å². The number of nitrogens with zero attached hydrogens (tertiary/aromatic N) is 1. The molecule has 6 nitrogen and oxygen atoms in total. The van der Waals surface area contributed by atoms with Gasteiger partial charge in [0.15, 0.2) is 0 Å². The third-order valence-electron chi connectivity index (χ3n) is 3.51. The van der Waals surface area contributed by atoms with Crippen molar-refractivity contribution in [1.82, 2.24) is 10.2 Å². The molecule has 0 bridgehead atoms. The smallest absolute Gasteiger partial charge is 0.242 e. The Morgan fingerprint density at radius 2 is 2.43 bits per heavy atom. The Kier molecular flexibility index (Phi) is 5.80. The summed E-state index contributed by atoms with van der Waals surface area (Å²) in [7, 11) is 0. The molecule has 1 aliphatic rings. The van der Waals surface area contributed by atoms with Gasteiger partial charge in [0.25, 0.3) is 0 Å². The standard InChI is InChI=1S/C15H22N2O4/c1-2-20-9-4-8-16-15(19)13-6-7-14(18)17(13)11-12-5-3-10-21-12/h3,5,10,13H,2,4,6-9,11H2,1H3,(H,16,19)/t13-/m0/s1. The first-order valence-corrected chi connectivity index (χ1v) is 7.39. The summed E-state index contributed by atoms with van der Waals surface area (Å²) in [5.41, 5.74) is 0. The fourth-order valence-electron chi connectivity index (χ4n) is 2.42. The molecule has 0 saturated carbocycles. The molecule has 116 valence electrons. The second-order valence-corrected chi connectivity index (χ2v) is 5.00. The zero-order chi connectivity index (χ0) is 15.1. The number of carbonyl (C=O) groups is 2. The molecule has 2 rings (SSSR count). The summed E-state index contributed by atoms with van der Waals surface area (Å²) in [5.74, 6) is 0.601. The summed E-state index contributed by atoms with van der Waals surface area (Å²) < 4.78 is 10.5. The van der Waals surface area contributed by atoms with Crippen molar-refractivity contribution in [2.45, 2.75) is 38.8 Å². The molecule has 0 spiro atoms. The molecule has 0 unspecified atom stereocenters. The van der Waals surface area contributed by atoms with E-state index in [0.717, 1.165) is 6.42 Å². The summed E-state index contributed by atoms with van der Waals surface area (Å²) in [6, 6.07) is 3.19. The number of carbonyl (C=O) groups excluding carboxylic acids is 2. The molecule has 1 aromatic heterocycles. The maximum Gasteiger partial charge on any atom is 0.242 e. The first-order valence-electron chi connectivity index (χ1n) is 7.39. The fraction of sp³-hybridized carbons (Fsp3) is 0.600. The Bertz CT molecular complexity index is 458. The summed E-state index contributed by atoms with van der Waals surface area (Å²) in [6.45, 7) is 4.18. The lowest BCUT2D eigenvalue weighted by molar-refractivity contribution is -0.136. The second-order valence-electron chi connectivity index (χ2n) is 5.00. The minimum Gasteiger partial charge on any atom is -0.467 e. The summed E-state index contributed by atoms with van der Waals surface area (Å²) in [5, 5.41) is 2.87. The summed E-state index contributed by atoms with van der Waals surface area (Å²) >= 11 is 0. The van der Waals surface area contributed by atoms with Gasteiger partial charge in [-0.3, -0.25) is 9.59 Å². The van der Waals surface area contributed by atoms with Gasteiger partial charge < -0.3 is 19.4 Å². The lowest BCUT2D eigenvalue weighted by Crippen LogP contribution is -2.44. The molecule has 1 saturated heterocycles. The molecule has 2 heterocycles. The predicted octanol–water partition coefficient (Wildman–Crippen LogP) is 1.31. The molecule has 0 aromatic carbocycles. The van der Waals surface area contributed by atoms with Crippen molar-refractivity contribution in [2.75, 3.05) is 19.8 Å². The number of rotatable bonds is 8. The van der Waals surface area contributed by atoms with Crippen LogP contribution in [-0.4, -0.2) is 42.5 Å². The number of furan rings is 1. The third-order valence-corrected chi connectivity index (χ3v) is 3.51. The molecule has 1 aliphatic heterocycles. The number of nitrogens with one attached hydrogen (secondary N) is 1. The minimum absolute atomic E-state index is 0.000802. The molecular formula is C15H22N2O4. The highest BCUT2D eigenvalue weighted by Crippen LogP contribution is 2.21. The molecule has 1 N–H and O–H groups in total. The lowest BCUT2D eigenvalue weighted by atomic mass is 10.2. The normalized spacial score (nSPS) is 18.2. The lowest BCUT2D eigenvalue weighted by Gasteiger charge is -2.23. The van der Waals surface area contributed by atoms with E-state index in [1.165, 1.54) is 0 Å². The van der Waals surface area contributed by atoms with Gasteiger partial charge in [-0.25, -0.2) is 0 Å². The van der Waals surface area contributed by atoms with Gasteiger partial charge in [-0.15, -0.1) is 0 Å². The second kappa shape index (κ2) is 7.83. The average molecular weight is 294 g/mol. The average Bonchev–Trinajstić information content (AvgIpc) is 3.10. The molecule has 1 aromatic rings. The van der Waals surface area contributed by atoms with Crippen molar-refractivity contribution < 1.29 is 18.7 Å². The molecule has 1 fully saturated rings. The molecule has 0 radical (unpaired) electrons. The highest BCUT2D eigenvalue weighted by Gasteiger charge is 2.36. The van der Waals surface area contributed by atoms with Crippen LogP contribution in [0, 0.1) is 0 Å². The summed E-state index contributed by atoms with van der Waals surface area (Å²) in [6.07, 6.45) is 3.33. The van der Waals surface area contributed by atoms with E-state index in [4.69, 9.17) is 9.15 Å². The van der Waals surface area contributed by atoms with Gasteiger partial charge in [-0.1, -0.05) is 0 Å². The quantitative estimate of drug-likeness (QED) is 0.734. The maximum absolute atomic E-state index is 12.2. The van der Waals surface area contributed by atoms with Gasteiger partial charge >= 0.3 is 0 Å². The van der Waals surface area contributed by atoms with Crippen LogP contribution < -0.4 is 5.32 Å². The first-order chi connectivity index (χ1) is 10.2. The molecule has 1 atom stereocenters. The highest BCUT2D eigenvalue weighted by atomic mass is 16.5. The molecule has 6 heteroatoms. The number of ether oxygens (including phenoxy) is 1. The van der Waals surface area contributed by atoms with Crippen molar-refractivity contribution in [3.8, 4) is 0 Å². The Morgan fingerprint density at radius 3 is 3.14 bits per heavy atom.